The van der Waals surface area contributed by atoms with Crippen LogP contribution in [-0.4, -0.2) is 22.8 Å². The number of hydrogen-bond donors (Lipinski definition) is 0. The minimum atomic E-state index is 0.0891. The van der Waals surface area contributed by atoms with E-state index in [4.69, 9.17) is 5.26 Å². The number of nitriles is 1. The zero-order valence-electron chi connectivity index (χ0n) is 15.0. The second kappa shape index (κ2) is 7.43. The highest BCUT2D eigenvalue weighted by Gasteiger charge is 2.40. The summed E-state index contributed by atoms with van der Waals surface area (Å²) >= 11 is 0. The van der Waals surface area contributed by atoms with Gasteiger partial charge in [-0.1, -0.05) is 48.9 Å². The van der Waals surface area contributed by atoms with Crippen LogP contribution in [0.3, 0.4) is 0 Å². The summed E-state index contributed by atoms with van der Waals surface area (Å²) in [5.41, 5.74) is 2.62. The second-order valence-corrected chi connectivity index (χ2v) is 7.62. The summed E-state index contributed by atoms with van der Waals surface area (Å²) in [6.45, 7) is 0.987. The van der Waals surface area contributed by atoms with Crippen molar-refractivity contribution in [2.24, 2.45) is 5.92 Å². The first kappa shape index (κ1) is 17.0. The SMILES string of the molecule is N#Cc1cccc(C(=O)C2CC3CCCC(C2)N3Cc2ccccc2)c1. The molecule has 0 N–H and O–H groups in total. The number of rotatable bonds is 4. The van der Waals surface area contributed by atoms with Crippen LogP contribution in [-0.2, 0) is 6.54 Å². The van der Waals surface area contributed by atoms with Crippen molar-refractivity contribution in [2.75, 3.05) is 0 Å². The zero-order chi connectivity index (χ0) is 17.9. The van der Waals surface area contributed by atoms with Crippen LogP contribution in [0.4, 0.5) is 0 Å². The molecule has 132 valence electrons. The Morgan fingerprint density at radius 3 is 2.46 bits per heavy atom. The fraction of sp³-hybridized carbons (Fsp3) is 0.391. The number of piperidine rings is 2. The van der Waals surface area contributed by atoms with Gasteiger partial charge in [-0.2, -0.15) is 5.26 Å². The molecule has 2 aromatic rings. The van der Waals surface area contributed by atoms with Crippen molar-refractivity contribution in [3.8, 4) is 6.07 Å². The lowest BCUT2D eigenvalue weighted by atomic mass is 9.75. The Balaban J connectivity index is 1.50. The third-order valence-corrected chi connectivity index (χ3v) is 5.98. The van der Waals surface area contributed by atoms with Gasteiger partial charge in [0.2, 0.25) is 0 Å². The normalized spacial score (nSPS) is 25.4. The fourth-order valence-corrected chi connectivity index (χ4v) is 4.72. The number of Topliss-reactive ketones (excluding diaryl/α,β-unsaturated/α-hetero) is 1. The summed E-state index contributed by atoms with van der Waals surface area (Å²) in [5.74, 6) is 0.310. The molecule has 2 fully saturated rings. The smallest absolute Gasteiger partial charge is 0.166 e. The van der Waals surface area contributed by atoms with Gasteiger partial charge in [-0.05, 0) is 43.4 Å². The largest absolute Gasteiger partial charge is 0.294 e. The van der Waals surface area contributed by atoms with E-state index in [1.54, 1.807) is 12.1 Å². The molecule has 2 bridgehead atoms. The Hall–Kier alpha value is -2.44. The molecule has 0 aliphatic carbocycles. The van der Waals surface area contributed by atoms with Gasteiger partial charge < -0.3 is 0 Å². The molecule has 4 rings (SSSR count). The van der Waals surface area contributed by atoms with Crippen LogP contribution in [0.15, 0.2) is 54.6 Å². The van der Waals surface area contributed by atoms with E-state index >= 15 is 0 Å². The van der Waals surface area contributed by atoms with Crippen LogP contribution in [0.1, 0.15) is 53.6 Å². The molecule has 2 aromatic carbocycles. The summed E-state index contributed by atoms with van der Waals surface area (Å²) in [4.78, 5) is 15.7. The van der Waals surface area contributed by atoms with E-state index in [0.717, 1.165) is 19.4 Å². The second-order valence-electron chi connectivity index (χ2n) is 7.62. The molecule has 2 aliphatic heterocycles. The van der Waals surface area contributed by atoms with Crippen molar-refractivity contribution in [1.29, 1.82) is 5.26 Å². The number of fused-ring (bicyclic) bond motifs is 2. The molecule has 0 aromatic heterocycles. The van der Waals surface area contributed by atoms with E-state index in [1.807, 2.05) is 12.1 Å². The number of carbonyl (C=O) groups is 1. The van der Waals surface area contributed by atoms with E-state index in [1.165, 1.54) is 24.8 Å². The summed E-state index contributed by atoms with van der Waals surface area (Å²) in [6.07, 6.45) is 5.53. The maximum Gasteiger partial charge on any atom is 0.166 e. The average Bonchev–Trinajstić information content (AvgIpc) is 2.68. The third kappa shape index (κ3) is 3.43. The lowest BCUT2D eigenvalue weighted by Gasteiger charge is -2.48. The van der Waals surface area contributed by atoms with Crippen LogP contribution >= 0.6 is 0 Å². The summed E-state index contributed by atoms with van der Waals surface area (Å²) in [6, 6.07) is 21.0. The molecule has 0 radical (unpaired) electrons. The van der Waals surface area contributed by atoms with Gasteiger partial charge >= 0.3 is 0 Å². The Labute approximate surface area is 155 Å². The molecule has 0 saturated carbocycles. The van der Waals surface area contributed by atoms with Crippen molar-refractivity contribution >= 4 is 5.78 Å². The van der Waals surface area contributed by atoms with Crippen LogP contribution in [0.2, 0.25) is 0 Å². The summed E-state index contributed by atoms with van der Waals surface area (Å²) in [5, 5.41) is 9.09. The number of benzene rings is 2. The first-order valence-electron chi connectivity index (χ1n) is 9.58. The average molecular weight is 344 g/mol. The molecule has 2 heterocycles. The Morgan fingerprint density at radius 1 is 1.04 bits per heavy atom. The molecule has 2 atom stereocenters. The number of nitrogens with zero attached hydrogens (tertiary/aromatic N) is 2. The molecule has 2 saturated heterocycles. The monoisotopic (exact) mass is 344 g/mol. The fourth-order valence-electron chi connectivity index (χ4n) is 4.72. The molecule has 3 nitrogen and oxygen atoms in total. The number of hydrogen-bond acceptors (Lipinski definition) is 3. The van der Waals surface area contributed by atoms with Crippen molar-refractivity contribution in [2.45, 2.75) is 50.7 Å². The maximum atomic E-state index is 13.0. The minimum absolute atomic E-state index is 0.0891. The van der Waals surface area contributed by atoms with Gasteiger partial charge in [-0.3, -0.25) is 9.69 Å². The summed E-state index contributed by atoms with van der Waals surface area (Å²) < 4.78 is 0. The van der Waals surface area contributed by atoms with Crippen molar-refractivity contribution in [3.05, 3.63) is 71.3 Å². The topological polar surface area (TPSA) is 44.1 Å². The maximum absolute atomic E-state index is 13.0. The third-order valence-electron chi connectivity index (χ3n) is 5.98. The molecule has 0 amide bonds. The van der Waals surface area contributed by atoms with Gasteiger partial charge in [-0.15, -0.1) is 0 Å². The number of ketones is 1. The molecule has 2 aliphatic rings. The van der Waals surface area contributed by atoms with Gasteiger partial charge in [-0.25, -0.2) is 0 Å². The highest BCUT2D eigenvalue weighted by molar-refractivity contribution is 5.98. The van der Waals surface area contributed by atoms with Crippen LogP contribution < -0.4 is 0 Å². The van der Waals surface area contributed by atoms with Crippen molar-refractivity contribution < 1.29 is 4.79 Å². The van der Waals surface area contributed by atoms with Gasteiger partial charge in [0.05, 0.1) is 11.6 Å². The van der Waals surface area contributed by atoms with Crippen molar-refractivity contribution in [1.82, 2.24) is 4.90 Å². The summed E-state index contributed by atoms with van der Waals surface area (Å²) in [7, 11) is 0. The first-order valence-corrected chi connectivity index (χ1v) is 9.58. The highest BCUT2D eigenvalue weighted by atomic mass is 16.1. The quantitative estimate of drug-likeness (QED) is 0.763. The highest BCUT2D eigenvalue weighted by Crippen LogP contribution is 2.39. The molecule has 26 heavy (non-hydrogen) atoms. The molecular weight excluding hydrogens is 320 g/mol. The molecule has 3 heteroatoms. The predicted molar refractivity (Wildman–Crippen MR) is 102 cm³/mol. The zero-order valence-corrected chi connectivity index (χ0v) is 15.0. The number of carbonyl (C=O) groups excluding carboxylic acids is 1. The Bertz CT molecular complexity index is 810. The Morgan fingerprint density at radius 2 is 1.77 bits per heavy atom. The van der Waals surface area contributed by atoms with Crippen LogP contribution in [0.25, 0.3) is 0 Å². The van der Waals surface area contributed by atoms with Gasteiger partial charge in [0.15, 0.2) is 5.78 Å². The van der Waals surface area contributed by atoms with E-state index in [9.17, 15) is 4.79 Å². The standard InChI is InChI=1S/C23H24N2O/c24-15-18-8-4-9-19(12-18)23(26)20-13-21-10-5-11-22(14-20)25(21)16-17-6-2-1-3-7-17/h1-4,6-9,12,20-22H,5,10-11,13-14,16H2. The molecule has 2 unspecified atom stereocenters. The lowest BCUT2D eigenvalue weighted by Crippen LogP contribution is -2.52. The lowest BCUT2D eigenvalue weighted by molar-refractivity contribution is 0.00906. The van der Waals surface area contributed by atoms with E-state index < -0.39 is 0 Å². The van der Waals surface area contributed by atoms with Crippen LogP contribution in [0, 0.1) is 17.2 Å². The predicted octanol–water partition coefficient (Wildman–Crippen LogP) is 4.57. The van der Waals surface area contributed by atoms with Crippen molar-refractivity contribution in [3.63, 3.8) is 0 Å². The molecular formula is C23H24N2O. The van der Waals surface area contributed by atoms with E-state index in [2.05, 4.69) is 41.3 Å². The van der Waals surface area contributed by atoms with Gasteiger partial charge in [0.1, 0.15) is 0 Å². The first-order chi connectivity index (χ1) is 12.7. The van der Waals surface area contributed by atoms with Gasteiger partial charge in [0.25, 0.3) is 0 Å². The van der Waals surface area contributed by atoms with E-state index in [-0.39, 0.29) is 11.7 Å². The molecule has 0 spiro atoms. The van der Waals surface area contributed by atoms with Gasteiger partial charge in [0, 0.05) is 30.1 Å². The van der Waals surface area contributed by atoms with Crippen LogP contribution in [0.5, 0.6) is 0 Å². The van der Waals surface area contributed by atoms with E-state index in [0.29, 0.717) is 23.2 Å². The minimum Gasteiger partial charge on any atom is -0.294 e. The Kier molecular flexibility index (Phi) is 4.86.